The maximum Gasteiger partial charge on any atom is 0.256 e. The van der Waals surface area contributed by atoms with E-state index in [1.807, 2.05) is 13.8 Å². The van der Waals surface area contributed by atoms with Crippen LogP contribution in [0.25, 0.3) is 0 Å². The zero-order chi connectivity index (χ0) is 20.7. The smallest absolute Gasteiger partial charge is 0.256 e. The summed E-state index contributed by atoms with van der Waals surface area (Å²) in [7, 11) is 1.71. The highest BCUT2D eigenvalue weighted by molar-refractivity contribution is 6.00. The van der Waals surface area contributed by atoms with Crippen molar-refractivity contribution in [3.8, 4) is 5.75 Å². The van der Waals surface area contributed by atoms with Crippen molar-refractivity contribution in [3.05, 3.63) is 52.5 Å². The van der Waals surface area contributed by atoms with Gasteiger partial charge in [-0.3, -0.25) is 4.79 Å². The van der Waals surface area contributed by atoms with Crippen LogP contribution >= 0.6 is 0 Å². The highest BCUT2D eigenvalue weighted by atomic mass is 19.1. The second-order valence-electron chi connectivity index (χ2n) is 7.82. The number of pyridine rings is 1. The average Bonchev–Trinajstić information content (AvgIpc) is 2.97. The molecule has 1 aromatic heterocycles. The van der Waals surface area contributed by atoms with Crippen molar-refractivity contribution in [3.63, 3.8) is 0 Å². The third-order valence-corrected chi connectivity index (χ3v) is 6.10. The molecule has 1 atom stereocenters. The van der Waals surface area contributed by atoms with Gasteiger partial charge >= 0.3 is 0 Å². The number of ether oxygens (including phenoxy) is 1. The number of carbonyl (C=O) groups excluding carboxylic acids is 1. The van der Waals surface area contributed by atoms with Gasteiger partial charge in [0.15, 0.2) is 0 Å². The van der Waals surface area contributed by atoms with E-state index in [4.69, 9.17) is 9.72 Å². The summed E-state index contributed by atoms with van der Waals surface area (Å²) in [6, 6.07) is 5.72. The van der Waals surface area contributed by atoms with Gasteiger partial charge in [0.05, 0.1) is 23.9 Å². The predicted molar refractivity (Wildman–Crippen MR) is 108 cm³/mol. The normalized spacial score (nSPS) is 19.6. The maximum absolute atomic E-state index is 13.1. The Balaban J connectivity index is 1.52. The molecule has 1 aromatic carbocycles. The molecule has 2 aliphatic rings. The molecule has 0 aliphatic carbocycles. The van der Waals surface area contributed by atoms with Crippen LogP contribution in [0, 0.1) is 19.7 Å². The van der Waals surface area contributed by atoms with Crippen molar-refractivity contribution >= 4 is 11.7 Å². The van der Waals surface area contributed by atoms with Gasteiger partial charge in [-0.15, -0.1) is 0 Å². The number of anilines is 1. The van der Waals surface area contributed by atoms with Gasteiger partial charge in [0.25, 0.3) is 5.91 Å². The van der Waals surface area contributed by atoms with E-state index in [0.29, 0.717) is 17.0 Å². The second-order valence-corrected chi connectivity index (χ2v) is 7.82. The number of aromatic nitrogens is 1. The molecule has 7 heteroatoms. The Morgan fingerprint density at radius 2 is 1.83 bits per heavy atom. The molecule has 1 saturated heterocycles. The SMILES string of the molecule is Cc1c(N2CCC(Oc3ccc(F)cc3)CC2)nc2c(c1C)C(=O)N(C)C2CO. The van der Waals surface area contributed by atoms with Crippen LogP contribution in [0.1, 0.15) is 46.1 Å². The van der Waals surface area contributed by atoms with Crippen LogP contribution in [0.15, 0.2) is 24.3 Å². The van der Waals surface area contributed by atoms with Gasteiger partial charge in [0, 0.05) is 33.0 Å². The molecule has 1 amide bonds. The zero-order valence-electron chi connectivity index (χ0n) is 17.0. The van der Waals surface area contributed by atoms with Crippen molar-refractivity contribution in [2.75, 3.05) is 31.6 Å². The molecule has 2 aliphatic heterocycles. The molecule has 29 heavy (non-hydrogen) atoms. The third-order valence-electron chi connectivity index (χ3n) is 6.10. The molecular formula is C22H26FN3O3. The molecule has 4 rings (SSSR count). The fourth-order valence-electron chi connectivity index (χ4n) is 4.22. The van der Waals surface area contributed by atoms with Crippen LogP contribution in [0.2, 0.25) is 0 Å². The van der Waals surface area contributed by atoms with Gasteiger partial charge in [-0.05, 0) is 49.2 Å². The first kappa shape index (κ1) is 19.6. The molecule has 1 fully saturated rings. The lowest BCUT2D eigenvalue weighted by Gasteiger charge is -2.34. The lowest BCUT2D eigenvalue weighted by atomic mass is 10.00. The summed E-state index contributed by atoms with van der Waals surface area (Å²) in [6.45, 7) is 5.38. The number of amides is 1. The fraction of sp³-hybridized carbons (Fsp3) is 0.455. The highest BCUT2D eigenvalue weighted by Gasteiger charge is 2.38. The van der Waals surface area contributed by atoms with E-state index < -0.39 is 6.04 Å². The number of piperidine rings is 1. The Morgan fingerprint density at radius 1 is 1.17 bits per heavy atom. The molecule has 3 heterocycles. The standard InChI is InChI=1S/C22H26FN3O3/c1-13-14(2)21(24-20-18(12-27)25(3)22(28)19(13)20)26-10-8-17(9-11-26)29-16-6-4-15(23)5-7-16/h4-7,17-18,27H,8-12H2,1-3H3. The van der Waals surface area contributed by atoms with Gasteiger partial charge in [0.1, 0.15) is 23.5 Å². The van der Waals surface area contributed by atoms with Gasteiger partial charge in [-0.25, -0.2) is 9.37 Å². The molecule has 0 spiro atoms. The number of rotatable bonds is 4. The Morgan fingerprint density at radius 3 is 2.45 bits per heavy atom. The highest BCUT2D eigenvalue weighted by Crippen LogP contribution is 2.37. The van der Waals surface area contributed by atoms with Crippen LogP contribution in [-0.4, -0.2) is 53.7 Å². The van der Waals surface area contributed by atoms with Crippen LogP contribution in [-0.2, 0) is 0 Å². The molecule has 0 bridgehead atoms. The van der Waals surface area contributed by atoms with Crippen LogP contribution < -0.4 is 9.64 Å². The summed E-state index contributed by atoms with van der Waals surface area (Å²) in [5, 5.41) is 9.77. The van der Waals surface area contributed by atoms with Crippen LogP contribution in [0.4, 0.5) is 10.2 Å². The van der Waals surface area contributed by atoms with Crippen molar-refractivity contribution in [2.24, 2.45) is 0 Å². The minimum atomic E-state index is -0.394. The molecule has 1 unspecified atom stereocenters. The number of aliphatic hydroxyl groups is 1. The van der Waals surface area contributed by atoms with Crippen molar-refractivity contribution in [1.82, 2.24) is 9.88 Å². The summed E-state index contributed by atoms with van der Waals surface area (Å²) in [4.78, 5) is 21.2. The largest absolute Gasteiger partial charge is 0.490 e. The van der Waals surface area contributed by atoms with Gasteiger partial charge in [0.2, 0.25) is 0 Å². The Hall–Kier alpha value is -2.67. The minimum Gasteiger partial charge on any atom is -0.490 e. The summed E-state index contributed by atoms with van der Waals surface area (Å²) in [6.07, 6.45) is 1.73. The number of halogens is 1. The monoisotopic (exact) mass is 399 g/mol. The summed E-state index contributed by atoms with van der Waals surface area (Å²) < 4.78 is 19.0. The first-order valence-corrected chi connectivity index (χ1v) is 9.97. The van der Waals surface area contributed by atoms with E-state index in [2.05, 4.69) is 4.90 Å². The number of fused-ring (bicyclic) bond motifs is 1. The summed E-state index contributed by atoms with van der Waals surface area (Å²) >= 11 is 0. The van der Waals surface area contributed by atoms with Gasteiger partial charge < -0.3 is 19.6 Å². The quantitative estimate of drug-likeness (QED) is 0.856. The van der Waals surface area contributed by atoms with E-state index in [1.165, 1.54) is 12.1 Å². The lowest BCUT2D eigenvalue weighted by molar-refractivity contribution is 0.0714. The number of hydrogen-bond donors (Lipinski definition) is 1. The maximum atomic E-state index is 13.1. The summed E-state index contributed by atoms with van der Waals surface area (Å²) in [5.74, 6) is 1.21. The fourth-order valence-corrected chi connectivity index (χ4v) is 4.22. The molecule has 1 N–H and O–H groups in total. The van der Waals surface area contributed by atoms with Crippen LogP contribution in [0.5, 0.6) is 5.75 Å². The van der Waals surface area contributed by atoms with E-state index in [0.717, 1.165) is 42.9 Å². The first-order chi connectivity index (χ1) is 13.9. The van der Waals surface area contributed by atoms with Crippen LogP contribution in [0.3, 0.4) is 0 Å². The van der Waals surface area contributed by atoms with Gasteiger partial charge in [-0.2, -0.15) is 0 Å². The second kappa shape index (κ2) is 7.63. The van der Waals surface area contributed by atoms with E-state index in [1.54, 1.807) is 24.1 Å². The van der Waals surface area contributed by atoms with Crippen molar-refractivity contribution in [1.29, 1.82) is 0 Å². The number of carbonyl (C=O) groups is 1. The number of hydrogen-bond acceptors (Lipinski definition) is 5. The van der Waals surface area contributed by atoms with E-state index in [9.17, 15) is 14.3 Å². The topological polar surface area (TPSA) is 65.9 Å². The Kier molecular flexibility index (Phi) is 5.17. The number of likely N-dealkylation sites (N-methyl/N-ethyl adjacent to an activating group) is 1. The minimum absolute atomic E-state index is 0.0745. The zero-order valence-corrected chi connectivity index (χ0v) is 17.0. The first-order valence-electron chi connectivity index (χ1n) is 9.97. The molecule has 6 nitrogen and oxygen atoms in total. The number of benzene rings is 1. The molecular weight excluding hydrogens is 373 g/mol. The van der Waals surface area contributed by atoms with Gasteiger partial charge in [-0.1, -0.05) is 0 Å². The third kappa shape index (κ3) is 3.44. The molecule has 154 valence electrons. The Labute approximate surface area is 169 Å². The van der Waals surface area contributed by atoms with Crippen molar-refractivity contribution in [2.45, 2.75) is 38.8 Å². The summed E-state index contributed by atoms with van der Waals surface area (Å²) in [5.41, 5.74) is 3.23. The lowest BCUT2D eigenvalue weighted by Crippen LogP contribution is -2.39. The Bertz CT molecular complexity index is 924. The molecule has 2 aromatic rings. The molecule has 0 radical (unpaired) electrons. The number of aliphatic hydroxyl groups excluding tert-OH is 1. The predicted octanol–water partition coefficient (Wildman–Crippen LogP) is 3.00. The van der Waals surface area contributed by atoms with Crippen molar-refractivity contribution < 1.29 is 19.0 Å². The average molecular weight is 399 g/mol. The molecule has 0 saturated carbocycles. The van der Waals surface area contributed by atoms with E-state index in [-0.39, 0.29) is 24.4 Å². The van der Waals surface area contributed by atoms with E-state index >= 15 is 0 Å². The number of nitrogens with zero attached hydrogens (tertiary/aromatic N) is 3.